The molecule has 0 heterocycles. The highest BCUT2D eigenvalue weighted by atomic mass is 35.5. The van der Waals surface area contributed by atoms with Crippen LogP contribution in [0.5, 0.6) is 0 Å². The fraction of sp³-hybridized carbons (Fsp3) is 1.00. The maximum atomic E-state index is 2.39. The standard InChI is InChI=1S/C26H56N.ClH/c1-5-9-11-13-15-17-19-21-25-27(23-7-3,24-8-4)26-22-20-18-16-14-12-10-6-2;/h5-26H2,1-4H3;1H/q+1;/p-1. The number of nitrogens with zero attached hydrogens (tertiary/aromatic N) is 1. The molecule has 0 aromatic heterocycles. The quantitative estimate of drug-likeness (QED) is 0.152. The van der Waals surface area contributed by atoms with Crippen LogP contribution < -0.4 is 12.4 Å². The van der Waals surface area contributed by atoms with Crippen molar-refractivity contribution in [1.29, 1.82) is 0 Å². The van der Waals surface area contributed by atoms with E-state index in [1.807, 2.05) is 0 Å². The molecule has 0 amide bonds. The number of quaternary nitrogens is 1. The summed E-state index contributed by atoms with van der Waals surface area (Å²) < 4.78 is 1.43. The molecule has 0 radical (unpaired) electrons. The van der Waals surface area contributed by atoms with Gasteiger partial charge >= 0.3 is 0 Å². The smallest absolute Gasteiger partial charge is 0.0786 e. The topological polar surface area (TPSA) is 0 Å². The van der Waals surface area contributed by atoms with E-state index in [4.69, 9.17) is 0 Å². The normalized spacial score (nSPS) is 11.6. The van der Waals surface area contributed by atoms with Gasteiger partial charge in [0.05, 0.1) is 26.2 Å². The Balaban J connectivity index is 0. The highest BCUT2D eigenvalue weighted by Crippen LogP contribution is 2.18. The van der Waals surface area contributed by atoms with Crippen molar-refractivity contribution in [2.75, 3.05) is 26.2 Å². The van der Waals surface area contributed by atoms with Crippen molar-refractivity contribution in [2.24, 2.45) is 0 Å². The van der Waals surface area contributed by atoms with Crippen LogP contribution in [-0.4, -0.2) is 30.7 Å². The van der Waals surface area contributed by atoms with Crippen LogP contribution in [0.3, 0.4) is 0 Å². The third-order valence-corrected chi connectivity index (χ3v) is 6.37. The number of unbranched alkanes of at least 4 members (excludes halogenated alkanes) is 14. The van der Waals surface area contributed by atoms with Gasteiger partial charge in [-0.25, -0.2) is 0 Å². The second-order valence-corrected chi connectivity index (χ2v) is 9.19. The molecule has 0 atom stereocenters. The zero-order valence-electron chi connectivity index (χ0n) is 20.4. The molecule has 0 saturated heterocycles. The Kier molecular flexibility index (Phi) is 25.6. The Morgan fingerprint density at radius 2 is 0.607 bits per heavy atom. The second-order valence-electron chi connectivity index (χ2n) is 9.19. The minimum Gasteiger partial charge on any atom is -1.00 e. The van der Waals surface area contributed by atoms with Gasteiger partial charge in [-0.3, -0.25) is 0 Å². The van der Waals surface area contributed by atoms with E-state index < -0.39 is 0 Å². The highest BCUT2D eigenvalue weighted by molar-refractivity contribution is 4.52. The number of halogens is 1. The van der Waals surface area contributed by atoms with Crippen molar-refractivity contribution < 1.29 is 16.9 Å². The van der Waals surface area contributed by atoms with E-state index in [0.29, 0.717) is 0 Å². The van der Waals surface area contributed by atoms with Gasteiger partial charge < -0.3 is 16.9 Å². The molecule has 2 heteroatoms. The van der Waals surface area contributed by atoms with Gasteiger partial charge in [0.15, 0.2) is 0 Å². The molecule has 0 bridgehead atoms. The first-order chi connectivity index (χ1) is 13.2. The molecule has 0 aromatic carbocycles. The Bertz CT molecular complexity index is 252. The van der Waals surface area contributed by atoms with Crippen LogP contribution in [0.4, 0.5) is 0 Å². The van der Waals surface area contributed by atoms with Crippen molar-refractivity contribution in [3.63, 3.8) is 0 Å². The van der Waals surface area contributed by atoms with Gasteiger partial charge in [0.1, 0.15) is 0 Å². The lowest BCUT2D eigenvalue weighted by Gasteiger charge is -2.39. The summed E-state index contributed by atoms with van der Waals surface area (Å²) in [5.41, 5.74) is 0. The molecule has 172 valence electrons. The van der Waals surface area contributed by atoms with Crippen molar-refractivity contribution in [2.45, 2.75) is 143 Å². The van der Waals surface area contributed by atoms with Crippen LogP contribution in [0.15, 0.2) is 0 Å². The van der Waals surface area contributed by atoms with Crippen molar-refractivity contribution in [3.05, 3.63) is 0 Å². The monoisotopic (exact) mass is 417 g/mol. The van der Waals surface area contributed by atoms with E-state index in [2.05, 4.69) is 27.7 Å². The number of hydrogen-bond acceptors (Lipinski definition) is 0. The molecule has 0 N–H and O–H groups in total. The summed E-state index contributed by atoms with van der Waals surface area (Å²) in [6.45, 7) is 15.1. The van der Waals surface area contributed by atoms with E-state index in [1.54, 1.807) is 0 Å². The number of rotatable bonds is 22. The van der Waals surface area contributed by atoms with Crippen molar-refractivity contribution >= 4 is 0 Å². The Labute approximate surface area is 186 Å². The molecule has 0 aliphatic heterocycles. The predicted molar refractivity (Wildman–Crippen MR) is 126 cm³/mol. The lowest BCUT2D eigenvalue weighted by atomic mass is 10.1. The molecule has 1 nitrogen and oxygen atoms in total. The molecule has 0 fully saturated rings. The third-order valence-electron chi connectivity index (χ3n) is 6.37. The molecular weight excluding hydrogens is 362 g/mol. The lowest BCUT2D eigenvalue weighted by Crippen LogP contribution is -3.00. The van der Waals surface area contributed by atoms with Gasteiger partial charge in [0, 0.05) is 0 Å². The van der Waals surface area contributed by atoms with Crippen LogP contribution in [0.2, 0.25) is 0 Å². The zero-order chi connectivity index (χ0) is 20.1. The molecular formula is C26H56ClN. The largest absolute Gasteiger partial charge is 1.00 e. The minimum atomic E-state index is 0. The Morgan fingerprint density at radius 1 is 0.321 bits per heavy atom. The molecule has 0 aromatic rings. The van der Waals surface area contributed by atoms with Gasteiger partial charge in [0.2, 0.25) is 0 Å². The van der Waals surface area contributed by atoms with Crippen molar-refractivity contribution in [3.8, 4) is 0 Å². The van der Waals surface area contributed by atoms with E-state index in [-0.39, 0.29) is 12.4 Å². The van der Waals surface area contributed by atoms with Crippen LogP contribution >= 0.6 is 0 Å². The maximum absolute atomic E-state index is 2.39. The van der Waals surface area contributed by atoms with Crippen LogP contribution in [0, 0.1) is 0 Å². The second kappa shape index (κ2) is 23.5. The summed E-state index contributed by atoms with van der Waals surface area (Å²) in [5.74, 6) is 0. The minimum absolute atomic E-state index is 0. The van der Waals surface area contributed by atoms with E-state index in [0.717, 1.165) is 0 Å². The summed E-state index contributed by atoms with van der Waals surface area (Å²) in [6.07, 6.45) is 25.9. The summed E-state index contributed by atoms with van der Waals surface area (Å²) in [6, 6.07) is 0. The van der Waals surface area contributed by atoms with E-state index >= 15 is 0 Å². The SMILES string of the molecule is CCCCCCCCCC[N+](CCC)(CCC)CCCCCCCCCC.[Cl-]. The molecule has 28 heavy (non-hydrogen) atoms. The first-order valence-corrected chi connectivity index (χ1v) is 13.1. The van der Waals surface area contributed by atoms with Crippen LogP contribution in [-0.2, 0) is 0 Å². The van der Waals surface area contributed by atoms with Gasteiger partial charge in [-0.1, -0.05) is 105 Å². The summed E-state index contributed by atoms with van der Waals surface area (Å²) in [5, 5.41) is 0. The molecule has 0 rings (SSSR count). The third kappa shape index (κ3) is 18.3. The fourth-order valence-electron chi connectivity index (χ4n) is 4.78. The molecule has 0 aliphatic rings. The molecule has 0 saturated carbocycles. The Hall–Kier alpha value is 0.250. The first kappa shape index (κ1) is 30.4. The lowest BCUT2D eigenvalue weighted by molar-refractivity contribution is -0.928. The number of hydrogen-bond donors (Lipinski definition) is 0. The highest BCUT2D eigenvalue weighted by Gasteiger charge is 2.24. The zero-order valence-corrected chi connectivity index (χ0v) is 21.1. The molecule has 0 aliphatic carbocycles. The summed E-state index contributed by atoms with van der Waals surface area (Å²) in [4.78, 5) is 0. The van der Waals surface area contributed by atoms with Gasteiger partial charge in [0.25, 0.3) is 0 Å². The van der Waals surface area contributed by atoms with Gasteiger partial charge in [-0.05, 0) is 38.5 Å². The van der Waals surface area contributed by atoms with Crippen LogP contribution in [0.1, 0.15) is 143 Å². The average molecular weight is 418 g/mol. The Morgan fingerprint density at radius 3 is 0.893 bits per heavy atom. The van der Waals surface area contributed by atoms with E-state index in [9.17, 15) is 0 Å². The van der Waals surface area contributed by atoms with Crippen molar-refractivity contribution in [1.82, 2.24) is 0 Å². The van der Waals surface area contributed by atoms with E-state index in [1.165, 1.54) is 146 Å². The fourth-order valence-corrected chi connectivity index (χ4v) is 4.78. The summed E-state index contributed by atoms with van der Waals surface area (Å²) in [7, 11) is 0. The average Bonchev–Trinajstić information content (AvgIpc) is 2.66. The summed E-state index contributed by atoms with van der Waals surface area (Å²) >= 11 is 0. The first-order valence-electron chi connectivity index (χ1n) is 13.1. The maximum Gasteiger partial charge on any atom is 0.0786 e. The molecule has 0 unspecified atom stereocenters. The van der Waals surface area contributed by atoms with Gasteiger partial charge in [-0.2, -0.15) is 0 Å². The molecule has 0 spiro atoms. The van der Waals surface area contributed by atoms with Crippen LogP contribution in [0.25, 0.3) is 0 Å². The predicted octanol–water partition coefficient (Wildman–Crippen LogP) is 5.91. The van der Waals surface area contributed by atoms with Gasteiger partial charge in [-0.15, -0.1) is 0 Å².